The van der Waals surface area contributed by atoms with Crippen molar-refractivity contribution in [1.82, 2.24) is 9.66 Å². The lowest BCUT2D eigenvalue weighted by Gasteiger charge is -2.22. The van der Waals surface area contributed by atoms with Gasteiger partial charge in [0.1, 0.15) is 11.6 Å². The first-order chi connectivity index (χ1) is 22.7. The quantitative estimate of drug-likeness (QED) is 0.196. The zero-order valence-corrected chi connectivity index (χ0v) is 30.3. The number of pyridine rings is 1. The Morgan fingerprint density at radius 1 is 1.08 bits per heavy atom. The first-order valence-corrected chi connectivity index (χ1v) is 17.4. The predicted molar refractivity (Wildman–Crippen MR) is 198 cm³/mol. The Labute approximate surface area is 287 Å². The fourth-order valence-corrected chi connectivity index (χ4v) is 6.82. The Kier molecular flexibility index (Phi) is 11.3. The molecular formula is C39H47N5O3S. The van der Waals surface area contributed by atoms with Crippen molar-refractivity contribution in [3.63, 3.8) is 0 Å². The summed E-state index contributed by atoms with van der Waals surface area (Å²) in [5, 5.41) is 23.3. The fourth-order valence-electron chi connectivity index (χ4n) is 5.75. The third kappa shape index (κ3) is 7.39. The Hall–Kier alpha value is -4.68. The van der Waals surface area contributed by atoms with Crippen LogP contribution in [-0.2, 0) is 5.41 Å². The molecule has 8 nitrogen and oxygen atoms in total. The number of amides is 1. The van der Waals surface area contributed by atoms with Crippen LogP contribution in [0.2, 0.25) is 0 Å². The predicted octanol–water partition coefficient (Wildman–Crippen LogP) is 6.52. The van der Waals surface area contributed by atoms with E-state index in [2.05, 4.69) is 72.1 Å². The molecule has 252 valence electrons. The van der Waals surface area contributed by atoms with E-state index in [-0.39, 0.29) is 21.4 Å². The van der Waals surface area contributed by atoms with Gasteiger partial charge in [-0.15, -0.1) is 0 Å². The van der Waals surface area contributed by atoms with E-state index in [4.69, 9.17) is 4.98 Å². The number of aryl methyl sites for hydroxylation is 2. The number of carbonyl (C=O) groups excluding carboxylic acids is 1. The van der Waals surface area contributed by atoms with E-state index in [1.54, 1.807) is 36.4 Å². The normalized spacial score (nSPS) is 11.9. The SMILES string of the molecule is C=c1c(C#N)c(O)n(N(C)C(=O)c2ccccc2)c(=O)/c1=C\c1sc(N(CCCC)CCCC)nc1-c1c(C)cc(C(C)(C)C)cc1C. The molecule has 4 rings (SSSR count). The van der Waals surface area contributed by atoms with E-state index >= 15 is 0 Å². The Morgan fingerprint density at radius 3 is 2.19 bits per heavy atom. The van der Waals surface area contributed by atoms with Crippen molar-refractivity contribution in [2.75, 3.05) is 30.0 Å². The van der Waals surface area contributed by atoms with Crippen LogP contribution in [0.15, 0.2) is 47.3 Å². The highest BCUT2D eigenvalue weighted by atomic mass is 32.1. The van der Waals surface area contributed by atoms with Gasteiger partial charge in [0.25, 0.3) is 11.5 Å². The topological polar surface area (TPSA) is 102 Å². The molecular weight excluding hydrogens is 619 g/mol. The van der Waals surface area contributed by atoms with Gasteiger partial charge in [0.05, 0.1) is 15.8 Å². The number of aromatic hydroxyl groups is 1. The van der Waals surface area contributed by atoms with E-state index in [0.717, 1.165) is 80.9 Å². The minimum atomic E-state index is -0.672. The van der Waals surface area contributed by atoms with Crippen molar-refractivity contribution in [2.24, 2.45) is 0 Å². The first kappa shape index (κ1) is 36.2. The van der Waals surface area contributed by atoms with Crippen LogP contribution >= 0.6 is 11.3 Å². The third-order valence-corrected chi connectivity index (χ3v) is 9.65. The van der Waals surface area contributed by atoms with Crippen LogP contribution in [0.4, 0.5) is 5.13 Å². The summed E-state index contributed by atoms with van der Waals surface area (Å²) in [5.74, 6) is -1.16. The number of thiazole rings is 1. The summed E-state index contributed by atoms with van der Waals surface area (Å²) in [6.45, 7) is 20.9. The van der Waals surface area contributed by atoms with E-state index in [1.165, 1.54) is 23.9 Å². The molecule has 0 aliphatic carbocycles. The van der Waals surface area contributed by atoms with Crippen LogP contribution in [0.3, 0.4) is 0 Å². The lowest BCUT2D eigenvalue weighted by Crippen LogP contribution is -2.53. The number of aromatic nitrogens is 2. The molecule has 48 heavy (non-hydrogen) atoms. The molecule has 2 heterocycles. The van der Waals surface area contributed by atoms with Crippen molar-refractivity contribution >= 4 is 35.0 Å². The maximum absolute atomic E-state index is 14.2. The second-order valence-corrected chi connectivity index (χ2v) is 14.3. The van der Waals surface area contributed by atoms with Crippen molar-refractivity contribution in [1.29, 1.82) is 5.26 Å². The standard InChI is InChI=1S/C39H47N5O3S/c1-10-12-19-43(20-13-11-2)38-41-34(33-25(3)21-29(22-26(33)4)39(6,7)8)32(48-38)23-30-27(5)31(24-40)37(47)44(36(30)46)42(9)35(45)28-17-15-14-16-18-28/h14-18,21-23,47H,5,10-13,19-20H2,1-4,6-9H3/b30-23-. The van der Waals surface area contributed by atoms with Crippen molar-refractivity contribution < 1.29 is 9.90 Å². The second-order valence-electron chi connectivity index (χ2n) is 13.3. The summed E-state index contributed by atoms with van der Waals surface area (Å²) >= 11 is 1.50. The minimum absolute atomic E-state index is 0.0375. The van der Waals surface area contributed by atoms with E-state index in [1.807, 2.05) is 6.07 Å². The van der Waals surface area contributed by atoms with Gasteiger partial charge in [0.15, 0.2) is 5.13 Å². The van der Waals surface area contributed by atoms with Gasteiger partial charge in [-0.05, 0) is 67.0 Å². The second kappa shape index (κ2) is 15.0. The number of hydrogen-bond donors (Lipinski definition) is 1. The largest absolute Gasteiger partial charge is 0.492 e. The van der Waals surface area contributed by atoms with Gasteiger partial charge >= 0.3 is 0 Å². The number of carbonyl (C=O) groups is 1. The third-order valence-electron chi connectivity index (χ3n) is 8.59. The minimum Gasteiger partial charge on any atom is -0.492 e. The Bertz CT molecular complexity index is 1980. The summed E-state index contributed by atoms with van der Waals surface area (Å²) in [4.78, 5) is 35.9. The number of rotatable bonds is 11. The van der Waals surface area contributed by atoms with Gasteiger partial charge in [-0.25, -0.2) is 9.99 Å². The molecule has 0 radical (unpaired) electrons. The number of benzene rings is 2. The van der Waals surface area contributed by atoms with Crippen LogP contribution < -0.4 is 25.9 Å². The summed E-state index contributed by atoms with van der Waals surface area (Å²) < 4.78 is 0.847. The summed E-state index contributed by atoms with van der Waals surface area (Å²) in [6, 6.07) is 14.9. The summed E-state index contributed by atoms with van der Waals surface area (Å²) in [7, 11) is 1.39. The number of hydrogen-bond acceptors (Lipinski definition) is 7. The Morgan fingerprint density at radius 2 is 1.67 bits per heavy atom. The van der Waals surface area contributed by atoms with Crippen LogP contribution in [0, 0.1) is 25.2 Å². The lowest BCUT2D eigenvalue weighted by molar-refractivity contribution is 0.0961. The molecule has 0 unspecified atom stereocenters. The molecule has 0 atom stereocenters. The van der Waals surface area contributed by atoms with Gasteiger partial charge in [0.2, 0.25) is 5.88 Å². The van der Waals surface area contributed by atoms with Gasteiger partial charge in [-0.2, -0.15) is 9.94 Å². The number of anilines is 1. The van der Waals surface area contributed by atoms with Gasteiger partial charge in [-0.1, -0.05) is 95.7 Å². The van der Waals surface area contributed by atoms with Crippen LogP contribution in [-0.4, -0.2) is 40.8 Å². The summed E-state index contributed by atoms with van der Waals surface area (Å²) in [5.41, 5.74) is 4.54. The maximum atomic E-state index is 14.2. The average Bonchev–Trinajstić information content (AvgIpc) is 3.45. The molecule has 0 saturated heterocycles. The van der Waals surface area contributed by atoms with E-state index in [0.29, 0.717) is 5.56 Å². The molecule has 0 aliphatic rings. The van der Waals surface area contributed by atoms with Gasteiger partial charge in [0, 0.05) is 36.5 Å². The molecule has 1 amide bonds. The lowest BCUT2D eigenvalue weighted by atomic mass is 9.83. The molecule has 1 N–H and O–H groups in total. The van der Waals surface area contributed by atoms with Crippen molar-refractivity contribution in [3.05, 3.63) is 96.0 Å². The molecule has 9 heteroatoms. The zero-order chi connectivity index (χ0) is 35.3. The van der Waals surface area contributed by atoms with Crippen LogP contribution in [0.25, 0.3) is 23.9 Å². The molecule has 2 aromatic carbocycles. The molecule has 0 spiro atoms. The molecule has 0 fully saturated rings. The summed E-state index contributed by atoms with van der Waals surface area (Å²) in [6.07, 6.45) is 5.87. The van der Waals surface area contributed by atoms with Crippen molar-refractivity contribution in [3.8, 4) is 23.2 Å². The highest BCUT2D eigenvalue weighted by Gasteiger charge is 2.24. The highest BCUT2D eigenvalue weighted by molar-refractivity contribution is 7.16. The first-order valence-electron chi connectivity index (χ1n) is 16.5. The number of unbranched alkanes of at least 4 members (excludes halogenated alkanes) is 2. The highest BCUT2D eigenvalue weighted by Crippen LogP contribution is 2.39. The fraction of sp³-hybridized carbons (Fsp3) is 0.385. The van der Waals surface area contributed by atoms with Crippen LogP contribution in [0.5, 0.6) is 5.88 Å². The molecule has 0 aliphatic heterocycles. The molecule has 0 bridgehead atoms. The molecule has 0 saturated carbocycles. The monoisotopic (exact) mass is 665 g/mol. The van der Waals surface area contributed by atoms with Gasteiger partial charge < -0.3 is 10.0 Å². The van der Waals surface area contributed by atoms with Gasteiger partial charge in [-0.3, -0.25) is 9.59 Å². The zero-order valence-electron chi connectivity index (χ0n) is 29.5. The number of nitrogens with zero attached hydrogens (tertiary/aromatic N) is 5. The smallest absolute Gasteiger partial charge is 0.280 e. The molecule has 4 aromatic rings. The average molecular weight is 666 g/mol. The van der Waals surface area contributed by atoms with Crippen LogP contribution in [0.1, 0.15) is 97.8 Å². The number of nitriles is 1. The maximum Gasteiger partial charge on any atom is 0.280 e. The van der Waals surface area contributed by atoms with E-state index < -0.39 is 17.3 Å². The molecule has 2 aromatic heterocycles. The van der Waals surface area contributed by atoms with E-state index in [9.17, 15) is 20.0 Å². The Balaban J connectivity index is 2.05. The van der Waals surface area contributed by atoms with Crippen molar-refractivity contribution in [2.45, 2.75) is 79.6 Å².